The summed E-state index contributed by atoms with van der Waals surface area (Å²) in [6, 6.07) is 6.60. The molecule has 0 spiro atoms. The first-order valence-electron chi connectivity index (χ1n) is 8.01. The molecular formula is C16H22N6O2. The van der Waals surface area contributed by atoms with Crippen molar-refractivity contribution < 1.29 is 9.59 Å². The molecule has 0 unspecified atom stereocenters. The van der Waals surface area contributed by atoms with Crippen LogP contribution in [0.15, 0.2) is 24.3 Å². The molecule has 0 bridgehead atoms. The lowest BCUT2D eigenvalue weighted by molar-refractivity contribution is -0.132. The van der Waals surface area contributed by atoms with Gasteiger partial charge in [0.2, 0.25) is 17.6 Å². The number of rotatable bonds is 8. The molecule has 1 aromatic heterocycles. The molecule has 1 aromatic carbocycles. The highest BCUT2D eigenvalue weighted by atomic mass is 16.2. The Kier molecular flexibility index (Phi) is 6.00. The molecule has 0 atom stereocenters. The van der Waals surface area contributed by atoms with Gasteiger partial charge in [-0.15, -0.1) is 10.2 Å². The van der Waals surface area contributed by atoms with E-state index in [1.165, 1.54) is 4.80 Å². The predicted molar refractivity (Wildman–Crippen MR) is 88.9 cm³/mol. The molecule has 0 saturated heterocycles. The Morgan fingerprint density at radius 1 is 1.21 bits per heavy atom. The first-order chi connectivity index (χ1) is 11.5. The van der Waals surface area contributed by atoms with Gasteiger partial charge in [0, 0.05) is 24.2 Å². The number of likely N-dealkylation sites (N-methyl/N-ethyl adjacent to an activating group) is 1. The Hall–Kier alpha value is -2.77. The van der Waals surface area contributed by atoms with E-state index < -0.39 is 5.91 Å². The molecule has 0 saturated carbocycles. The number of carbonyl (C=O) groups excluding carboxylic acids is 2. The van der Waals surface area contributed by atoms with Crippen molar-refractivity contribution in [1.82, 2.24) is 25.1 Å². The summed E-state index contributed by atoms with van der Waals surface area (Å²) in [7, 11) is 0. The summed E-state index contributed by atoms with van der Waals surface area (Å²) in [5.41, 5.74) is 6.33. The summed E-state index contributed by atoms with van der Waals surface area (Å²) in [6.45, 7) is 5.50. The lowest BCUT2D eigenvalue weighted by Gasteiger charge is -2.19. The monoisotopic (exact) mass is 330 g/mol. The van der Waals surface area contributed by atoms with Crippen molar-refractivity contribution in [3.05, 3.63) is 29.8 Å². The van der Waals surface area contributed by atoms with Crippen LogP contribution in [0.1, 0.15) is 37.0 Å². The first-order valence-corrected chi connectivity index (χ1v) is 8.01. The number of hydrogen-bond acceptors (Lipinski definition) is 5. The van der Waals surface area contributed by atoms with Crippen LogP contribution in [-0.2, 0) is 11.3 Å². The Morgan fingerprint density at radius 2 is 1.92 bits per heavy atom. The molecule has 0 aliphatic heterocycles. The van der Waals surface area contributed by atoms with Crippen molar-refractivity contribution in [3.63, 3.8) is 0 Å². The SMILES string of the molecule is CCCCN(CC)C(=O)Cn1nnc(-c2ccc(C(N)=O)cc2)n1. The minimum absolute atomic E-state index is 0.0287. The van der Waals surface area contributed by atoms with Gasteiger partial charge in [0.05, 0.1) is 0 Å². The smallest absolute Gasteiger partial charge is 0.248 e. The summed E-state index contributed by atoms with van der Waals surface area (Å²) >= 11 is 0. The van der Waals surface area contributed by atoms with E-state index in [1.807, 2.05) is 6.92 Å². The van der Waals surface area contributed by atoms with Crippen molar-refractivity contribution >= 4 is 11.8 Å². The minimum Gasteiger partial charge on any atom is -0.366 e. The molecule has 2 aromatic rings. The second kappa shape index (κ2) is 8.19. The Bertz CT molecular complexity index is 695. The number of unbranched alkanes of at least 4 members (excludes halogenated alkanes) is 1. The van der Waals surface area contributed by atoms with E-state index in [0.29, 0.717) is 23.5 Å². The van der Waals surface area contributed by atoms with E-state index in [1.54, 1.807) is 29.2 Å². The van der Waals surface area contributed by atoms with E-state index in [9.17, 15) is 9.59 Å². The van der Waals surface area contributed by atoms with Gasteiger partial charge in [0.15, 0.2) is 0 Å². The number of nitrogens with zero attached hydrogens (tertiary/aromatic N) is 5. The van der Waals surface area contributed by atoms with E-state index in [2.05, 4.69) is 22.3 Å². The van der Waals surface area contributed by atoms with Crippen LogP contribution >= 0.6 is 0 Å². The maximum absolute atomic E-state index is 12.3. The number of primary amides is 1. The van der Waals surface area contributed by atoms with Crippen LogP contribution in [0, 0.1) is 0 Å². The molecule has 1 heterocycles. The summed E-state index contributed by atoms with van der Waals surface area (Å²) in [6.07, 6.45) is 2.01. The van der Waals surface area contributed by atoms with Crippen molar-refractivity contribution in [1.29, 1.82) is 0 Å². The number of tetrazole rings is 1. The normalized spacial score (nSPS) is 10.6. The number of hydrogen-bond donors (Lipinski definition) is 1. The minimum atomic E-state index is -0.490. The predicted octanol–water partition coefficient (Wildman–Crippen LogP) is 1.09. The van der Waals surface area contributed by atoms with Gasteiger partial charge in [0.1, 0.15) is 6.54 Å². The Labute approximate surface area is 140 Å². The highest BCUT2D eigenvalue weighted by molar-refractivity contribution is 5.93. The van der Waals surface area contributed by atoms with Crippen molar-refractivity contribution in [2.75, 3.05) is 13.1 Å². The lowest BCUT2D eigenvalue weighted by atomic mass is 10.1. The molecule has 24 heavy (non-hydrogen) atoms. The van der Waals surface area contributed by atoms with Crippen molar-refractivity contribution in [2.24, 2.45) is 5.73 Å². The second-order valence-corrected chi connectivity index (χ2v) is 5.41. The standard InChI is InChI=1S/C16H22N6O2/c1-3-5-10-21(4-2)14(23)11-22-19-16(18-20-22)13-8-6-12(7-9-13)15(17)24/h6-9H,3-5,10-11H2,1-2H3,(H2,17,24). The van der Waals surface area contributed by atoms with E-state index in [4.69, 9.17) is 5.73 Å². The largest absolute Gasteiger partial charge is 0.366 e. The molecule has 8 nitrogen and oxygen atoms in total. The molecule has 0 aliphatic rings. The van der Waals surface area contributed by atoms with Crippen LogP contribution in [0.3, 0.4) is 0 Å². The average molecular weight is 330 g/mol. The van der Waals surface area contributed by atoms with Gasteiger partial charge < -0.3 is 10.6 Å². The summed E-state index contributed by atoms with van der Waals surface area (Å²) in [5, 5.41) is 12.1. The van der Waals surface area contributed by atoms with Gasteiger partial charge >= 0.3 is 0 Å². The van der Waals surface area contributed by atoms with E-state index >= 15 is 0 Å². The summed E-state index contributed by atoms with van der Waals surface area (Å²) < 4.78 is 0. The van der Waals surface area contributed by atoms with Gasteiger partial charge in [-0.1, -0.05) is 25.5 Å². The zero-order valence-electron chi connectivity index (χ0n) is 14.0. The van der Waals surface area contributed by atoms with Crippen molar-refractivity contribution in [3.8, 4) is 11.4 Å². The van der Waals surface area contributed by atoms with Gasteiger partial charge in [-0.25, -0.2) is 0 Å². The molecule has 0 aliphatic carbocycles. The third kappa shape index (κ3) is 4.37. The Balaban J connectivity index is 2.04. The highest BCUT2D eigenvalue weighted by Gasteiger charge is 2.14. The third-order valence-corrected chi connectivity index (χ3v) is 3.67. The fourth-order valence-corrected chi connectivity index (χ4v) is 2.24. The highest BCUT2D eigenvalue weighted by Crippen LogP contribution is 2.14. The molecule has 0 fully saturated rings. The van der Waals surface area contributed by atoms with Crippen LogP contribution in [0.4, 0.5) is 0 Å². The van der Waals surface area contributed by atoms with Gasteiger partial charge in [-0.3, -0.25) is 9.59 Å². The van der Waals surface area contributed by atoms with Crippen LogP contribution < -0.4 is 5.73 Å². The maximum Gasteiger partial charge on any atom is 0.248 e. The molecule has 0 radical (unpaired) electrons. The van der Waals surface area contributed by atoms with Crippen LogP contribution in [0.2, 0.25) is 0 Å². The fourth-order valence-electron chi connectivity index (χ4n) is 2.24. The third-order valence-electron chi connectivity index (χ3n) is 3.67. The van der Waals surface area contributed by atoms with Gasteiger partial charge in [-0.2, -0.15) is 4.80 Å². The van der Waals surface area contributed by atoms with E-state index in [-0.39, 0.29) is 12.5 Å². The van der Waals surface area contributed by atoms with Gasteiger partial charge in [0.25, 0.3) is 0 Å². The van der Waals surface area contributed by atoms with E-state index in [0.717, 1.165) is 19.4 Å². The maximum atomic E-state index is 12.3. The number of aromatic nitrogens is 4. The van der Waals surface area contributed by atoms with Gasteiger partial charge in [-0.05, 0) is 30.7 Å². The topological polar surface area (TPSA) is 107 Å². The number of amides is 2. The van der Waals surface area contributed by atoms with Crippen molar-refractivity contribution in [2.45, 2.75) is 33.2 Å². The molecule has 128 valence electrons. The lowest BCUT2D eigenvalue weighted by Crippen LogP contribution is -2.35. The average Bonchev–Trinajstić information content (AvgIpc) is 3.04. The first kappa shape index (κ1) is 17.6. The van der Waals surface area contributed by atoms with Crippen LogP contribution in [-0.4, -0.2) is 50.0 Å². The zero-order valence-corrected chi connectivity index (χ0v) is 14.0. The van der Waals surface area contributed by atoms with Crippen LogP contribution in [0.5, 0.6) is 0 Å². The molecule has 2 N–H and O–H groups in total. The molecular weight excluding hydrogens is 308 g/mol. The number of carbonyl (C=O) groups is 2. The molecule has 2 amide bonds. The molecule has 8 heteroatoms. The Morgan fingerprint density at radius 3 is 2.50 bits per heavy atom. The number of nitrogens with two attached hydrogens (primary N) is 1. The number of benzene rings is 1. The zero-order chi connectivity index (χ0) is 17.5. The molecule has 2 rings (SSSR count). The summed E-state index contributed by atoms with van der Waals surface area (Å²) in [4.78, 5) is 26.4. The second-order valence-electron chi connectivity index (χ2n) is 5.41. The quantitative estimate of drug-likeness (QED) is 0.779. The summed E-state index contributed by atoms with van der Waals surface area (Å²) in [5.74, 6) is -0.120. The van der Waals surface area contributed by atoms with Crippen LogP contribution in [0.25, 0.3) is 11.4 Å². The fraction of sp³-hybridized carbons (Fsp3) is 0.438.